The molecule has 0 bridgehead atoms. The fourth-order valence-electron chi connectivity index (χ4n) is 3.06. The molecule has 0 aliphatic rings. The van der Waals surface area contributed by atoms with Crippen molar-refractivity contribution >= 4 is 0 Å². The molecule has 0 unspecified atom stereocenters. The van der Waals surface area contributed by atoms with Crippen LogP contribution in [0.2, 0.25) is 0 Å². The maximum atomic E-state index is 6.83. The van der Waals surface area contributed by atoms with E-state index in [0.717, 1.165) is 25.7 Å². The predicted octanol–water partition coefficient (Wildman–Crippen LogP) is 6.50. The van der Waals surface area contributed by atoms with E-state index in [1.165, 1.54) is 38.5 Å². The Bertz CT molecular complexity index is 180. The molecule has 116 valence electrons. The van der Waals surface area contributed by atoms with Crippen molar-refractivity contribution in [2.75, 3.05) is 0 Å². The van der Waals surface area contributed by atoms with Crippen molar-refractivity contribution in [1.82, 2.24) is 0 Å². The van der Waals surface area contributed by atoms with Crippen LogP contribution in [0.1, 0.15) is 106 Å². The summed E-state index contributed by atoms with van der Waals surface area (Å²) in [4.78, 5) is 0. The summed E-state index contributed by atoms with van der Waals surface area (Å²) in [5, 5.41) is 0. The smallest absolute Gasteiger partial charge is 0.0684 e. The average Bonchev–Trinajstić information content (AvgIpc) is 2.48. The van der Waals surface area contributed by atoms with Gasteiger partial charge in [-0.05, 0) is 38.5 Å². The summed E-state index contributed by atoms with van der Waals surface area (Å²) >= 11 is 0. The molecule has 0 radical (unpaired) electrons. The average molecular weight is 271 g/mol. The molecule has 0 heterocycles. The highest BCUT2D eigenvalue weighted by molar-refractivity contribution is 4.86. The number of hydrogen-bond donors (Lipinski definition) is 0. The van der Waals surface area contributed by atoms with E-state index < -0.39 is 0 Å². The van der Waals surface area contributed by atoms with Gasteiger partial charge in [-0.15, -0.1) is 0 Å². The van der Waals surface area contributed by atoms with Crippen molar-refractivity contribution in [3.8, 4) is 0 Å². The molecule has 0 N–H and O–H groups in total. The number of hydrogen-bond acceptors (Lipinski definition) is 1. The van der Waals surface area contributed by atoms with Gasteiger partial charge >= 0.3 is 0 Å². The zero-order valence-electron chi connectivity index (χ0n) is 14.5. The van der Waals surface area contributed by atoms with Gasteiger partial charge in [0.25, 0.3) is 0 Å². The zero-order chi connectivity index (χ0) is 14.8. The molecule has 19 heavy (non-hydrogen) atoms. The van der Waals surface area contributed by atoms with Crippen molar-refractivity contribution in [3.63, 3.8) is 0 Å². The molecule has 0 saturated heterocycles. The molecule has 0 aromatic rings. The van der Waals surface area contributed by atoms with Crippen molar-refractivity contribution < 1.29 is 4.74 Å². The van der Waals surface area contributed by atoms with Crippen LogP contribution in [0.3, 0.4) is 0 Å². The summed E-state index contributed by atoms with van der Waals surface area (Å²) < 4.78 is 6.83. The molecule has 0 aromatic carbocycles. The molecule has 0 atom stereocenters. The van der Waals surface area contributed by atoms with Crippen LogP contribution in [0.15, 0.2) is 0 Å². The summed E-state index contributed by atoms with van der Waals surface area (Å²) in [6, 6.07) is 0. The normalized spacial score (nSPS) is 12.9. The maximum Gasteiger partial charge on any atom is 0.0684 e. The fourth-order valence-corrected chi connectivity index (χ4v) is 3.06. The maximum absolute atomic E-state index is 6.83. The van der Waals surface area contributed by atoms with Crippen LogP contribution in [0.25, 0.3) is 0 Å². The molecule has 0 aliphatic heterocycles. The number of ether oxygens (including phenoxy) is 1. The summed E-state index contributed by atoms with van der Waals surface area (Å²) in [5.41, 5.74) is 0.242. The van der Waals surface area contributed by atoms with Crippen molar-refractivity contribution in [1.29, 1.82) is 0 Å². The van der Waals surface area contributed by atoms with Gasteiger partial charge in [0.15, 0.2) is 0 Å². The van der Waals surface area contributed by atoms with Gasteiger partial charge < -0.3 is 4.74 Å². The van der Waals surface area contributed by atoms with Crippen LogP contribution >= 0.6 is 0 Å². The van der Waals surface area contributed by atoms with Crippen LogP contribution in [-0.4, -0.2) is 11.2 Å². The Labute approximate surface area is 122 Å². The highest BCUT2D eigenvalue weighted by Gasteiger charge is 2.37. The quantitative estimate of drug-likeness (QED) is 0.393. The highest BCUT2D eigenvalue weighted by Crippen LogP contribution is 2.38. The monoisotopic (exact) mass is 270 g/mol. The first kappa shape index (κ1) is 19.0. The minimum atomic E-state index is 0.121. The van der Waals surface area contributed by atoms with Crippen molar-refractivity contribution in [2.24, 2.45) is 0 Å². The minimum Gasteiger partial charge on any atom is -0.369 e. The lowest BCUT2D eigenvalue weighted by molar-refractivity contribution is -0.173. The SMILES string of the molecule is CCCCC(CC)(CC)OC(CC)(CC)CCCC. The molecule has 0 amide bonds. The molecule has 0 rings (SSSR count). The molecule has 0 aromatic heterocycles. The van der Waals surface area contributed by atoms with Crippen LogP contribution < -0.4 is 0 Å². The first-order chi connectivity index (χ1) is 9.07. The largest absolute Gasteiger partial charge is 0.369 e. The minimum absolute atomic E-state index is 0.121. The Morgan fingerprint density at radius 3 is 1.11 bits per heavy atom. The number of unbranched alkanes of at least 4 members (excludes halogenated alkanes) is 2. The zero-order valence-corrected chi connectivity index (χ0v) is 14.5. The first-order valence-electron chi connectivity index (χ1n) is 8.77. The second-order valence-corrected chi connectivity index (χ2v) is 6.09. The first-order valence-corrected chi connectivity index (χ1v) is 8.77. The van der Waals surface area contributed by atoms with Gasteiger partial charge in [-0.1, -0.05) is 67.2 Å². The Morgan fingerprint density at radius 2 is 0.895 bits per heavy atom. The Balaban J connectivity index is 4.90. The van der Waals surface area contributed by atoms with E-state index in [4.69, 9.17) is 4.74 Å². The third-order valence-electron chi connectivity index (χ3n) is 4.98. The van der Waals surface area contributed by atoms with Gasteiger partial charge in [0.1, 0.15) is 0 Å². The lowest BCUT2D eigenvalue weighted by Gasteiger charge is -2.44. The van der Waals surface area contributed by atoms with Gasteiger partial charge in [-0.2, -0.15) is 0 Å². The van der Waals surface area contributed by atoms with Crippen molar-refractivity contribution in [2.45, 2.75) is 117 Å². The van der Waals surface area contributed by atoms with Gasteiger partial charge in [0.2, 0.25) is 0 Å². The lowest BCUT2D eigenvalue weighted by atomic mass is 9.85. The van der Waals surface area contributed by atoms with E-state index in [1.54, 1.807) is 0 Å². The second kappa shape index (κ2) is 9.80. The molecule has 0 spiro atoms. The third kappa shape index (κ3) is 5.85. The van der Waals surface area contributed by atoms with Gasteiger partial charge in [-0.3, -0.25) is 0 Å². The molecule has 1 heteroatoms. The summed E-state index contributed by atoms with van der Waals surface area (Å²) in [6.45, 7) is 13.8. The van der Waals surface area contributed by atoms with Gasteiger partial charge in [0.05, 0.1) is 11.2 Å². The second-order valence-electron chi connectivity index (χ2n) is 6.09. The summed E-state index contributed by atoms with van der Waals surface area (Å²) in [7, 11) is 0. The molecule has 0 aliphatic carbocycles. The molecular weight excluding hydrogens is 232 g/mol. The topological polar surface area (TPSA) is 9.23 Å². The van der Waals surface area contributed by atoms with E-state index in [-0.39, 0.29) is 11.2 Å². The standard InChI is InChI=1S/C18H38O/c1-7-13-15-17(9-3,10-4)19-18(11-5,12-6)16-14-8-2/h7-16H2,1-6H3. The van der Waals surface area contributed by atoms with E-state index in [1.807, 2.05) is 0 Å². The van der Waals surface area contributed by atoms with Crippen molar-refractivity contribution in [3.05, 3.63) is 0 Å². The molecule has 0 fully saturated rings. The summed E-state index contributed by atoms with van der Waals surface area (Å²) in [6.07, 6.45) is 12.2. The van der Waals surface area contributed by atoms with Crippen LogP contribution in [0, 0.1) is 0 Å². The predicted molar refractivity (Wildman–Crippen MR) is 86.8 cm³/mol. The number of rotatable bonds is 12. The van der Waals surface area contributed by atoms with Gasteiger partial charge in [0, 0.05) is 0 Å². The van der Waals surface area contributed by atoms with Crippen LogP contribution in [0.5, 0.6) is 0 Å². The molecule has 0 saturated carbocycles. The van der Waals surface area contributed by atoms with Crippen LogP contribution in [0.4, 0.5) is 0 Å². The third-order valence-corrected chi connectivity index (χ3v) is 4.98. The van der Waals surface area contributed by atoms with E-state index in [0.29, 0.717) is 0 Å². The molecule has 1 nitrogen and oxygen atoms in total. The Morgan fingerprint density at radius 1 is 0.579 bits per heavy atom. The lowest BCUT2D eigenvalue weighted by Crippen LogP contribution is -2.43. The van der Waals surface area contributed by atoms with E-state index in [2.05, 4.69) is 41.5 Å². The Kier molecular flexibility index (Phi) is 9.78. The molecular formula is C18H38O. The van der Waals surface area contributed by atoms with Crippen LogP contribution in [-0.2, 0) is 4.74 Å². The van der Waals surface area contributed by atoms with Gasteiger partial charge in [-0.25, -0.2) is 0 Å². The Hall–Kier alpha value is -0.0400. The van der Waals surface area contributed by atoms with E-state index in [9.17, 15) is 0 Å². The van der Waals surface area contributed by atoms with E-state index >= 15 is 0 Å². The fraction of sp³-hybridized carbons (Fsp3) is 1.00. The summed E-state index contributed by atoms with van der Waals surface area (Å²) in [5.74, 6) is 0. The highest BCUT2D eigenvalue weighted by atomic mass is 16.5.